The number of pyridine rings is 2. The molecule has 158 valence electrons. The number of aromatic amines is 1. The lowest BCUT2D eigenvalue weighted by Gasteiger charge is -2.07. The predicted molar refractivity (Wildman–Crippen MR) is 120 cm³/mol. The number of ketones is 1. The third-order valence-corrected chi connectivity index (χ3v) is 5.28. The first-order chi connectivity index (χ1) is 15.5. The largest absolute Gasteiger partial charge is 0.359 e. The molecule has 9 heteroatoms. The molecule has 0 aromatic carbocycles. The normalized spacial score (nSPS) is 11.3. The van der Waals surface area contributed by atoms with Gasteiger partial charge in [0.15, 0.2) is 5.78 Å². The molecule has 0 aliphatic carbocycles. The second-order valence-electron chi connectivity index (χ2n) is 7.67. The first-order valence-corrected chi connectivity index (χ1v) is 10.1. The molecule has 1 amide bonds. The zero-order valence-electron chi connectivity index (χ0n) is 17.4. The van der Waals surface area contributed by atoms with Crippen molar-refractivity contribution in [3.63, 3.8) is 0 Å². The zero-order chi connectivity index (χ0) is 22.2. The van der Waals surface area contributed by atoms with Gasteiger partial charge in [-0.25, -0.2) is 9.97 Å². The third-order valence-electron chi connectivity index (χ3n) is 5.28. The molecule has 5 aromatic heterocycles. The van der Waals surface area contributed by atoms with Crippen LogP contribution in [0.5, 0.6) is 0 Å². The van der Waals surface area contributed by atoms with E-state index in [4.69, 9.17) is 0 Å². The number of carbonyl (C=O) groups excluding carboxylic acids is 2. The van der Waals surface area contributed by atoms with Gasteiger partial charge in [-0.2, -0.15) is 0 Å². The maximum absolute atomic E-state index is 13.3. The molecule has 0 radical (unpaired) electrons. The van der Waals surface area contributed by atoms with E-state index < -0.39 is 0 Å². The van der Waals surface area contributed by atoms with Gasteiger partial charge in [-0.15, -0.1) is 0 Å². The number of aromatic nitrogens is 6. The van der Waals surface area contributed by atoms with Gasteiger partial charge in [-0.1, -0.05) is 0 Å². The number of anilines is 1. The van der Waals surface area contributed by atoms with Crippen LogP contribution in [0.1, 0.15) is 46.2 Å². The van der Waals surface area contributed by atoms with Crippen molar-refractivity contribution in [2.45, 2.75) is 19.9 Å². The number of hydrogen-bond donors (Lipinski definition) is 2. The van der Waals surface area contributed by atoms with Crippen LogP contribution in [0.2, 0.25) is 0 Å². The first kappa shape index (κ1) is 19.6. The van der Waals surface area contributed by atoms with Crippen LogP contribution in [0, 0.1) is 0 Å². The number of fused-ring (bicyclic) bond motifs is 2. The number of hydrogen-bond acceptors (Lipinski definition) is 6. The summed E-state index contributed by atoms with van der Waals surface area (Å²) in [6.07, 6.45) is 12.8. The SMILES string of the molecule is CC(C)n1cc(C(=O)c2cncc(NC(=O)c3c[nH]c4cnccc34)c2)c2cncnc21. The topological polar surface area (TPSA) is 118 Å². The van der Waals surface area contributed by atoms with Gasteiger partial charge >= 0.3 is 0 Å². The Morgan fingerprint density at radius 3 is 2.75 bits per heavy atom. The molecule has 0 unspecified atom stereocenters. The van der Waals surface area contributed by atoms with Crippen molar-refractivity contribution >= 4 is 39.3 Å². The standard InChI is InChI=1S/C23H19N7O2/c1-13(2)30-11-19(17-8-26-12-28-22(17)30)21(31)14-5-15(7-25-6-14)29-23(32)18-9-27-20-10-24-4-3-16(18)20/h3-13,27H,1-2H3,(H,29,32). The summed E-state index contributed by atoms with van der Waals surface area (Å²) in [6.45, 7) is 4.04. The second kappa shape index (κ2) is 7.69. The number of nitrogens with zero attached hydrogens (tertiary/aromatic N) is 5. The Morgan fingerprint density at radius 2 is 1.91 bits per heavy atom. The Labute approximate surface area is 182 Å². The van der Waals surface area contributed by atoms with Gasteiger partial charge in [-0.3, -0.25) is 19.6 Å². The molecule has 0 saturated heterocycles. The lowest BCUT2D eigenvalue weighted by Crippen LogP contribution is -2.12. The van der Waals surface area contributed by atoms with Gasteiger partial charge in [0.05, 0.1) is 34.7 Å². The van der Waals surface area contributed by atoms with Gasteiger partial charge in [0.1, 0.15) is 12.0 Å². The van der Waals surface area contributed by atoms with E-state index in [0.717, 1.165) is 10.9 Å². The van der Waals surface area contributed by atoms with E-state index in [1.807, 2.05) is 18.4 Å². The number of rotatable bonds is 5. The smallest absolute Gasteiger partial charge is 0.257 e. The van der Waals surface area contributed by atoms with Crippen molar-refractivity contribution < 1.29 is 9.59 Å². The van der Waals surface area contributed by atoms with Crippen LogP contribution in [-0.4, -0.2) is 41.2 Å². The highest BCUT2D eigenvalue weighted by Gasteiger charge is 2.20. The van der Waals surface area contributed by atoms with Crippen molar-refractivity contribution in [3.8, 4) is 0 Å². The summed E-state index contributed by atoms with van der Waals surface area (Å²) < 4.78 is 1.94. The number of H-pyrrole nitrogens is 1. The van der Waals surface area contributed by atoms with Crippen LogP contribution in [0.25, 0.3) is 21.9 Å². The van der Waals surface area contributed by atoms with E-state index in [2.05, 4.69) is 30.2 Å². The van der Waals surface area contributed by atoms with Crippen molar-refractivity contribution in [2.75, 3.05) is 5.32 Å². The highest BCUT2D eigenvalue weighted by Crippen LogP contribution is 2.25. The number of nitrogens with one attached hydrogen (secondary N) is 2. The Morgan fingerprint density at radius 1 is 1.03 bits per heavy atom. The molecule has 0 aliphatic rings. The summed E-state index contributed by atoms with van der Waals surface area (Å²) in [5.41, 5.74) is 3.22. The van der Waals surface area contributed by atoms with Gasteiger partial charge in [-0.05, 0) is 26.0 Å². The average Bonchev–Trinajstić information content (AvgIpc) is 3.41. The molecule has 0 atom stereocenters. The quantitative estimate of drug-likeness (QED) is 0.414. The monoisotopic (exact) mass is 425 g/mol. The van der Waals surface area contributed by atoms with Gasteiger partial charge in [0.2, 0.25) is 0 Å². The first-order valence-electron chi connectivity index (χ1n) is 10.1. The minimum Gasteiger partial charge on any atom is -0.359 e. The van der Waals surface area contributed by atoms with Crippen molar-refractivity contribution in [2.24, 2.45) is 0 Å². The summed E-state index contributed by atoms with van der Waals surface area (Å²) in [4.78, 5) is 45.7. The molecule has 2 N–H and O–H groups in total. The zero-order valence-corrected chi connectivity index (χ0v) is 17.4. The molecule has 5 aromatic rings. The predicted octanol–water partition coefficient (Wildman–Crippen LogP) is 3.77. The molecule has 0 spiro atoms. The van der Waals surface area contributed by atoms with E-state index in [1.54, 1.807) is 43.1 Å². The van der Waals surface area contributed by atoms with Crippen LogP contribution < -0.4 is 5.32 Å². The molecule has 5 rings (SSSR count). The molecule has 0 bridgehead atoms. The van der Waals surface area contributed by atoms with Crippen molar-refractivity contribution in [1.29, 1.82) is 0 Å². The Balaban J connectivity index is 1.46. The van der Waals surface area contributed by atoms with Crippen LogP contribution in [0.4, 0.5) is 5.69 Å². The van der Waals surface area contributed by atoms with Crippen LogP contribution in [-0.2, 0) is 0 Å². The Hall–Kier alpha value is -4.40. The van der Waals surface area contributed by atoms with Gasteiger partial charge < -0.3 is 14.9 Å². The van der Waals surface area contributed by atoms with Crippen LogP contribution in [0.15, 0.2) is 61.8 Å². The van der Waals surface area contributed by atoms with Crippen molar-refractivity contribution in [3.05, 3.63) is 78.5 Å². The van der Waals surface area contributed by atoms with E-state index in [1.165, 1.54) is 18.7 Å². The Kier molecular flexibility index (Phi) is 4.70. The Bertz CT molecular complexity index is 1480. The minimum atomic E-state index is -0.307. The fraction of sp³-hybridized carbons (Fsp3) is 0.130. The summed E-state index contributed by atoms with van der Waals surface area (Å²) in [5, 5.41) is 4.26. The summed E-state index contributed by atoms with van der Waals surface area (Å²) in [7, 11) is 0. The van der Waals surface area contributed by atoms with E-state index in [9.17, 15) is 9.59 Å². The van der Waals surface area contributed by atoms with Crippen molar-refractivity contribution in [1.82, 2.24) is 29.5 Å². The molecule has 0 aliphatic heterocycles. The highest BCUT2D eigenvalue weighted by molar-refractivity contribution is 6.17. The van der Waals surface area contributed by atoms with Crippen LogP contribution in [0.3, 0.4) is 0 Å². The van der Waals surface area contributed by atoms with Gasteiger partial charge in [0.25, 0.3) is 5.91 Å². The maximum atomic E-state index is 13.3. The maximum Gasteiger partial charge on any atom is 0.257 e. The fourth-order valence-corrected chi connectivity index (χ4v) is 3.71. The molecule has 9 nitrogen and oxygen atoms in total. The van der Waals surface area contributed by atoms with Gasteiger partial charge in [0, 0.05) is 53.4 Å². The molecule has 0 fully saturated rings. The fourth-order valence-electron chi connectivity index (χ4n) is 3.71. The molecule has 5 heterocycles. The molecule has 32 heavy (non-hydrogen) atoms. The third kappa shape index (κ3) is 3.29. The summed E-state index contributed by atoms with van der Waals surface area (Å²) in [5.74, 6) is -0.523. The lowest BCUT2D eigenvalue weighted by molar-refractivity contribution is 0.102. The second-order valence-corrected chi connectivity index (χ2v) is 7.67. The van der Waals surface area contributed by atoms with E-state index in [0.29, 0.717) is 33.4 Å². The van der Waals surface area contributed by atoms with E-state index >= 15 is 0 Å². The average molecular weight is 425 g/mol. The number of amides is 1. The summed E-state index contributed by atoms with van der Waals surface area (Å²) in [6, 6.07) is 3.52. The molecular formula is C23H19N7O2. The summed E-state index contributed by atoms with van der Waals surface area (Å²) >= 11 is 0. The number of carbonyl (C=O) groups is 2. The van der Waals surface area contributed by atoms with Crippen LogP contribution >= 0.6 is 0 Å². The van der Waals surface area contributed by atoms with E-state index in [-0.39, 0.29) is 17.7 Å². The minimum absolute atomic E-state index is 0.129. The molecular weight excluding hydrogens is 406 g/mol. The lowest BCUT2D eigenvalue weighted by atomic mass is 10.1. The highest BCUT2D eigenvalue weighted by atomic mass is 16.1. The molecule has 0 saturated carbocycles.